The molecule has 0 bridgehead atoms. The van der Waals surface area contributed by atoms with Crippen LogP contribution < -0.4 is 5.73 Å². The van der Waals surface area contributed by atoms with Crippen LogP contribution in [-0.2, 0) is 4.84 Å². The summed E-state index contributed by atoms with van der Waals surface area (Å²) >= 11 is 0. The lowest BCUT2D eigenvalue weighted by atomic mass is 9.79. The van der Waals surface area contributed by atoms with Crippen LogP contribution in [0.1, 0.15) is 39.0 Å². The average molecular weight is 196 g/mol. The van der Waals surface area contributed by atoms with E-state index in [0.717, 1.165) is 12.3 Å². The van der Waals surface area contributed by atoms with Gasteiger partial charge in [-0.25, -0.2) is 0 Å². The third kappa shape index (κ3) is 2.08. The molecule has 1 aliphatic heterocycles. The van der Waals surface area contributed by atoms with Gasteiger partial charge in [-0.3, -0.25) is 0 Å². The quantitative estimate of drug-likeness (QED) is 0.733. The Bertz CT molecular complexity index is 219. The summed E-state index contributed by atoms with van der Waals surface area (Å²) in [6.07, 6.45) is 6.40. The van der Waals surface area contributed by atoms with Gasteiger partial charge in [0.1, 0.15) is 6.10 Å². The number of nitrogens with two attached hydrogens (primary N) is 1. The summed E-state index contributed by atoms with van der Waals surface area (Å²) in [5.41, 5.74) is 6.82. The molecule has 1 unspecified atom stereocenters. The van der Waals surface area contributed by atoms with E-state index in [1.807, 2.05) is 0 Å². The number of oxime groups is 1. The zero-order valence-corrected chi connectivity index (χ0v) is 8.91. The van der Waals surface area contributed by atoms with Crippen molar-refractivity contribution < 1.29 is 4.84 Å². The van der Waals surface area contributed by atoms with E-state index in [2.05, 4.69) is 12.1 Å². The fraction of sp³-hybridized carbons (Fsp3) is 0.909. The van der Waals surface area contributed by atoms with Crippen molar-refractivity contribution in [3.05, 3.63) is 0 Å². The van der Waals surface area contributed by atoms with Crippen LogP contribution in [-0.4, -0.2) is 18.4 Å². The molecule has 2 rings (SSSR count). The van der Waals surface area contributed by atoms with Gasteiger partial charge in [-0.2, -0.15) is 0 Å². The number of rotatable bonds is 2. The molecule has 3 nitrogen and oxygen atoms in total. The van der Waals surface area contributed by atoms with E-state index in [1.165, 1.54) is 31.4 Å². The molecular formula is C11H20N2O. The van der Waals surface area contributed by atoms with Crippen molar-refractivity contribution in [1.82, 2.24) is 0 Å². The Balaban J connectivity index is 1.85. The van der Waals surface area contributed by atoms with Gasteiger partial charge in [-0.15, -0.1) is 0 Å². The van der Waals surface area contributed by atoms with Crippen LogP contribution in [0.2, 0.25) is 0 Å². The number of hydrogen-bond donors (Lipinski definition) is 1. The molecule has 3 heteroatoms. The highest BCUT2D eigenvalue weighted by Gasteiger charge is 2.28. The minimum Gasteiger partial charge on any atom is -0.391 e. The Kier molecular flexibility index (Phi) is 3.06. The third-order valence-electron chi connectivity index (χ3n) is 3.51. The standard InChI is InChI=1S/C11H20N2O/c1-8-2-4-9(5-3-8)11-6-10(7-12)14-13-11/h8-10H,2-7,12H2,1H3. The van der Waals surface area contributed by atoms with Gasteiger partial charge < -0.3 is 10.6 Å². The van der Waals surface area contributed by atoms with Crippen LogP contribution in [0.25, 0.3) is 0 Å². The Morgan fingerprint density at radius 1 is 1.36 bits per heavy atom. The van der Waals surface area contributed by atoms with Gasteiger partial charge in [-0.1, -0.05) is 24.9 Å². The fourth-order valence-electron chi connectivity index (χ4n) is 2.41. The zero-order valence-electron chi connectivity index (χ0n) is 8.91. The van der Waals surface area contributed by atoms with E-state index < -0.39 is 0 Å². The van der Waals surface area contributed by atoms with E-state index in [4.69, 9.17) is 10.6 Å². The molecule has 0 amide bonds. The van der Waals surface area contributed by atoms with E-state index in [9.17, 15) is 0 Å². The van der Waals surface area contributed by atoms with Crippen LogP contribution in [0.3, 0.4) is 0 Å². The topological polar surface area (TPSA) is 47.6 Å². The monoisotopic (exact) mass is 196 g/mol. The highest BCUT2D eigenvalue weighted by molar-refractivity contribution is 5.87. The molecule has 1 saturated carbocycles. The lowest BCUT2D eigenvalue weighted by Crippen LogP contribution is -2.24. The van der Waals surface area contributed by atoms with Gasteiger partial charge in [-0.05, 0) is 18.8 Å². The molecule has 1 fully saturated rings. The molecule has 0 spiro atoms. The van der Waals surface area contributed by atoms with Crippen molar-refractivity contribution in [2.75, 3.05) is 6.54 Å². The van der Waals surface area contributed by atoms with Gasteiger partial charge in [0.15, 0.2) is 0 Å². The van der Waals surface area contributed by atoms with Crippen LogP contribution in [0.15, 0.2) is 5.16 Å². The van der Waals surface area contributed by atoms with Gasteiger partial charge in [0.2, 0.25) is 0 Å². The maximum absolute atomic E-state index is 5.55. The van der Waals surface area contributed by atoms with Gasteiger partial charge >= 0.3 is 0 Å². The molecule has 1 aliphatic carbocycles. The number of hydrogen-bond acceptors (Lipinski definition) is 3. The Morgan fingerprint density at radius 3 is 2.64 bits per heavy atom. The smallest absolute Gasteiger partial charge is 0.145 e. The van der Waals surface area contributed by atoms with E-state index in [0.29, 0.717) is 12.5 Å². The van der Waals surface area contributed by atoms with Crippen molar-refractivity contribution in [1.29, 1.82) is 0 Å². The molecule has 0 aromatic rings. The third-order valence-corrected chi connectivity index (χ3v) is 3.51. The molecule has 0 aromatic carbocycles. The van der Waals surface area contributed by atoms with Crippen molar-refractivity contribution in [2.45, 2.75) is 45.1 Å². The Labute approximate surface area is 85.7 Å². The predicted octanol–water partition coefficient (Wildman–Crippen LogP) is 1.92. The lowest BCUT2D eigenvalue weighted by molar-refractivity contribution is 0.0917. The normalized spacial score (nSPS) is 37.9. The zero-order chi connectivity index (χ0) is 9.97. The number of nitrogens with zero attached hydrogens (tertiary/aromatic N) is 1. The van der Waals surface area contributed by atoms with Gasteiger partial charge in [0, 0.05) is 18.9 Å². The first-order valence-corrected chi connectivity index (χ1v) is 5.72. The van der Waals surface area contributed by atoms with Crippen molar-refractivity contribution >= 4 is 5.71 Å². The van der Waals surface area contributed by atoms with Crippen molar-refractivity contribution in [3.8, 4) is 0 Å². The van der Waals surface area contributed by atoms with Crippen LogP contribution in [0.5, 0.6) is 0 Å². The molecular weight excluding hydrogens is 176 g/mol. The van der Waals surface area contributed by atoms with Crippen LogP contribution in [0.4, 0.5) is 0 Å². The predicted molar refractivity (Wildman–Crippen MR) is 57.1 cm³/mol. The molecule has 80 valence electrons. The van der Waals surface area contributed by atoms with Crippen LogP contribution in [0, 0.1) is 11.8 Å². The molecule has 0 radical (unpaired) electrons. The summed E-state index contributed by atoms with van der Waals surface area (Å²) in [5, 5.41) is 4.17. The summed E-state index contributed by atoms with van der Waals surface area (Å²) < 4.78 is 0. The van der Waals surface area contributed by atoms with Gasteiger partial charge in [0.25, 0.3) is 0 Å². The summed E-state index contributed by atoms with van der Waals surface area (Å²) in [7, 11) is 0. The molecule has 1 heterocycles. The first-order valence-electron chi connectivity index (χ1n) is 5.72. The summed E-state index contributed by atoms with van der Waals surface area (Å²) in [4.78, 5) is 5.26. The SMILES string of the molecule is CC1CCC(C2=NOC(CN)C2)CC1. The first-order chi connectivity index (χ1) is 6.79. The van der Waals surface area contributed by atoms with E-state index >= 15 is 0 Å². The molecule has 14 heavy (non-hydrogen) atoms. The second-order valence-electron chi connectivity index (χ2n) is 4.71. The highest BCUT2D eigenvalue weighted by Crippen LogP contribution is 2.32. The second kappa shape index (κ2) is 4.30. The molecule has 2 aliphatic rings. The van der Waals surface area contributed by atoms with Crippen molar-refractivity contribution in [2.24, 2.45) is 22.7 Å². The lowest BCUT2D eigenvalue weighted by Gasteiger charge is -2.25. The molecule has 1 atom stereocenters. The van der Waals surface area contributed by atoms with E-state index in [1.54, 1.807) is 0 Å². The highest BCUT2D eigenvalue weighted by atomic mass is 16.6. The second-order valence-corrected chi connectivity index (χ2v) is 4.71. The Morgan fingerprint density at radius 2 is 2.07 bits per heavy atom. The maximum atomic E-state index is 5.55. The van der Waals surface area contributed by atoms with Gasteiger partial charge in [0.05, 0.1) is 5.71 Å². The van der Waals surface area contributed by atoms with E-state index in [-0.39, 0.29) is 6.10 Å². The summed E-state index contributed by atoms with van der Waals surface area (Å²) in [6, 6.07) is 0. The van der Waals surface area contributed by atoms with Crippen LogP contribution >= 0.6 is 0 Å². The Hall–Kier alpha value is -0.570. The largest absolute Gasteiger partial charge is 0.391 e. The first kappa shape index (κ1) is 9.97. The summed E-state index contributed by atoms with van der Waals surface area (Å²) in [6.45, 7) is 2.93. The minimum absolute atomic E-state index is 0.157. The molecule has 0 aromatic heterocycles. The van der Waals surface area contributed by atoms with Crippen molar-refractivity contribution in [3.63, 3.8) is 0 Å². The average Bonchev–Trinajstić information content (AvgIpc) is 2.67. The minimum atomic E-state index is 0.157. The molecule has 0 saturated heterocycles. The maximum Gasteiger partial charge on any atom is 0.145 e. The summed E-state index contributed by atoms with van der Waals surface area (Å²) in [5.74, 6) is 1.59. The fourth-order valence-corrected chi connectivity index (χ4v) is 2.41. The molecule has 2 N–H and O–H groups in total.